The number of carbonyl (C=O) groups is 1. The largest absolute Gasteiger partial charge is 0.459 e. The predicted molar refractivity (Wildman–Crippen MR) is 119 cm³/mol. The minimum absolute atomic E-state index is 0.00339. The number of benzene rings is 2. The molecule has 1 unspecified atom stereocenters. The van der Waals surface area contributed by atoms with Crippen molar-refractivity contribution in [3.05, 3.63) is 95.5 Å². The first-order valence-corrected chi connectivity index (χ1v) is 11.5. The van der Waals surface area contributed by atoms with Crippen LogP contribution < -0.4 is 10.1 Å². The molecule has 1 amide bonds. The summed E-state index contributed by atoms with van der Waals surface area (Å²) in [5.41, 5.74) is 7.32. The molecular weight excluding hydrogens is 414 g/mol. The second-order valence-electron chi connectivity index (χ2n) is 7.23. The van der Waals surface area contributed by atoms with E-state index in [1.807, 2.05) is 49.4 Å². The molecule has 0 bridgehead atoms. The van der Waals surface area contributed by atoms with Crippen molar-refractivity contribution in [1.82, 2.24) is 10.4 Å². The van der Waals surface area contributed by atoms with Crippen molar-refractivity contribution in [2.45, 2.75) is 19.9 Å². The molecule has 3 aromatic rings. The Labute approximate surface area is 181 Å². The Morgan fingerprint density at radius 1 is 1.10 bits per heavy atom. The maximum atomic E-state index is 13.1. The van der Waals surface area contributed by atoms with E-state index in [0.29, 0.717) is 5.69 Å². The molecule has 1 atom stereocenters. The zero-order chi connectivity index (χ0) is 22.0. The van der Waals surface area contributed by atoms with Gasteiger partial charge in [0.1, 0.15) is 0 Å². The molecule has 2 heterocycles. The van der Waals surface area contributed by atoms with Crippen LogP contribution in [0.2, 0.25) is 0 Å². The SMILES string of the molecule is CCS(=O)(=O)Nc1ccc(C2=CC(c3ccccc3C)N(C(=O)c3ccco3)N2)cc1. The van der Waals surface area contributed by atoms with E-state index in [1.165, 1.54) is 6.26 Å². The first kappa shape index (κ1) is 20.7. The number of hydrazine groups is 1. The van der Waals surface area contributed by atoms with E-state index < -0.39 is 10.0 Å². The molecule has 0 spiro atoms. The highest BCUT2D eigenvalue weighted by molar-refractivity contribution is 7.92. The zero-order valence-electron chi connectivity index (χ0n) is 17.2. The average molecular weight is 438 g/mol. The first-order chi connectivity index (χ1) is 14.9. The van der Waals surface area contributed by atoms with Crippen molar-refractivity contribution < 1.29 is 17.6 Å². The fourth-order valence-corrected chi connectivity index (χ4v) is 4.08. The molecule has 1 aliphatic heterocycles. The molecule has 0 radical (unpaired) electrons. The summed E-state index contributed by atoms with van der Waals surface area (Å²) in [4.78, 5) is 13.1. The molecule has 1 aromatic heterocycles. The van der Waals surface area contributed by atoms with Crippen molar-refractivity contribution in [2.24, 2.45) is 0 Å². The molecule has 4 rings (SSSR count). The Morgan fingerprint density at radius 3 is 2.48 bits per heavy atom. The Kier molecular flexibility index (Phi) is 5.56. The topological polar surface area (TPSA) is 91.7 Å². The van der Waals surface area contributed by atoms with Gasteiger partial charge in [0.05, 0.1) is 23.8 Å². The molecular formula is C23H23N3O4S. The smallest absolute Gasteiger partial charge is 0.308 e. The van der Waals surface area contributed by atoms with Crippen LogP contribution in [-0.2, 0) is 10.0 Å². The van der Waals surface area contributed by atoms with Crippen LogP contribution in [0.5, 0.6) is 0 Å². The highest BCUT2D eigenvalue weighted by atomic mass is 32.2. The second kappa shape index (κ2) is 8.31. The third-order valence-electron chi connectivity index (χ3n) is 5.15. The summed E-state index contributed by atoms with van der Waals surface area (Å²) in [5, 5.41) is 1.55. The van der Waals surface area contributed by atoms with Crippen LogP contribution in [0.25, 0.3) is 5.70 Å². The number of furan rings is 1. The maximum absolute atomic E-state index is 13.1. The second-order valence-corrected chi connectivity index (χ2v) is 9.24. The van der Waals surface area contributed by atoms with Crippen LogP contribution >= 0.6 is 0 Å². The summed E-state index contributed by atoms with van der Waals surface area (Å²) in [6.45, 7) is 3.59. The minimum atomic E-state index is -3.34. The van der Waals surface area contributed by atoms with Gasteiger partial charge in [-0.15, -0.1) is 0 Å². The van der Waals surface area contributed by atoms with Crippen molar-refractivity contribution in [2.75, 3.05) is 10.5 Å². The third-order valence-corrected chi connectivity index (χ3v) is 6.46. The van der Waals surface area contributed by atoms with Gasteiger partial charge in [-0.3, -0.25) is 14.9 Å². The number of rotatable bonds is 6. The van der Waals surface area contributed by atoms with Crippen molar-refractivity contribution in [3.63, 3.8) is 0 Å². The molecule has 0 aliphatic carbocycles. The summed E-state index contributed by atoms with van der Waals surface area (Å²) in [5.74, 6) is -0.0365. The van der Waals surface area contributed by atoms with Gasteiger partial charge in [-0.1, -0.05) is 36.4 Å². The van der Waals surface area contributed by atoms with E-state index >= 15 is 0 Å². The number of aryl methyl sites for hydroxylation is 1. The van der Waals surface area contributed by atoms with Crippen LogP contribution in [0.4, 0.5) is 5.69 Å². The van der Waals surface area contributed by atoms with E-state index in [4.69, 9.17) is 4.42 Å². The van der Waals surface area contributed by atoms with Gasteiger partial charge in [0.15, 0.2) is 5.76 Å². The minimum Gasteiger partial charge on any atom is -0.459 e. The number of hydrogen-bond donors (Lipinski definition) is 2. The molecule has 0 fully saturated rings. The molecule has 1 aliphatic rings. The Bertz CT molecular complexity index is 1220. The van der Waals surface area contributed by atoms with Crippen LogP contribution in [-0.4, -0.2) is 25.1 Å². The van der Waals surface area contributed by atoms with E-state index in [0.717, 1.165) is 22.4 Å². The summed E-state index contributed by atoms with van der Waals surface area (Å²) in [6.07, 6.45) is 3.45. The average Bonchev–Trinajstić information content (AvgIpc) is 3.45. The van der Waals surface area contributed by atoms with Crippen LogP contribution in [0.1, 0.15) is 40.2 Å². The predicted octanol–water partition coefficient (Wildman–Crippen LogP) is 4.09. The lowest BCUT2D eigenvalue weighted by molar-refractivity contribution is 0.0639. The Hall–Kier alpha value is -3.52. The number of amides is 1. The number of anilines is 1. The molecule has 2 aromatic carbocycles. The normalized spacial score (nSPS) is 16.0. The Balaban J connectivity index is 1.66. The fourth-order valence-electron chi connectivity index (χ4n) is 3.44. The molecule has 8 heteroatoms. The summed E-state index contributed by atoms with van der Waals surface area (Å²) >= 11 is 0. The molecule has 2 N–H and O–H groups in total. The van der Waals surface area contributed by atoms with Crippen LogP contribution in [0, 0.1) is 6.92 Å². The third kappa shape index (κ3) is 4.34. The lowest BCUT2D eigenvalue weighted by atomic mass is 10.00. The van der Waals surface area contributed by atoms with Crippen molar-refractivity contribution >= 4 is 27.3 Å². The summed E-state index contributed by atoms with van der Waals surface area (Å²) in [6, 6.07) is 17.9. The number of carbonyl (C=O) groups excluding carboxylic acids is 1. The Morgan fingerprint density at radius 2 is 1.84 bits per heavy atom. The number of nitrogens with zero attached hydrogens (tertiary/aromatic N) is 1. The lowest BCUT2D eigenvalue weighted by Crippen LogP contribution is -2.39. The van der Waals surface area contributed by atoms with Gasteiger partial charge in [0.2, 0.25) is 10.0 Å². The van der Waals surface area contributed by atoms with E-state index in [-0.39, 0.29) is 23.5 Å². The summed E-state index contributed by atoms with van der Waals surface area (Å²) < 4.78 is 31.4. The number of sulfonamides is 1. The first-order valence-electron chi connectivity index (χ1n) is 9.90. The van der Waals surface area contributed by atoms with Crippen molar-refractivity contribution in [3.8, 4) is 0 Å². The van der Waals surface area contributed by atoms with Gasteiger partial charge in [0.25, 0.3) is 0 Å². The highest BCUT2D eigenvalue weighted by Crippen LogP contribution is 2.34. The summed E-state index contributed by atoms with van der Waals surface area (Å²) in [7, 11) is -3.34. The van der Waals surface area contributed by atoms with E-state index in [9.17, 15) is 13.2 Å². The quantitative estimate of drug-likeness (QED) is 0.606. The van der Waals surface area contributed by atoms with Gasteiger partial charge in [0, 0.05) is 5.69 Å². The fraction of sp³-hybridized carbons (Fsp3) is 0.174. The monoisotopic (exact) mass is 437 g/mol. The van der Waals surface area contributed by atoms with Gasteiger partial charge < -0.3 is 4.42 Å². The highest BCUT2D eigenvalue weighted by Gasteiger charge is 2.33. The number of nitrogens with one attached hydrogen (secondary N) is 2. The molecule has 160 valence electrons. The molecule has 0 saturated carbocycles. The van der Waals surface area contributed by atoms with Gasteiger partial charge in [-0.2, -0.15) is 0 Å². The molecule has 0 saturated heterocycles. The molecule has 31 heavy (non-hydrogen) atoms. The van der Waals surface area contributed by atoms with E-state index in [1.54, 1.807) is 36.2 Å². The van der Waals surface area contributed by atoms with Gasteiger partial charge in [-0.05, 0) is 60.9 Å². The standard InChI is InChI=1S/C23H23N3O4S/c1-3-31(28,29)25-18-12-10-17(11-13-18)20-15-21(19-8-5-4-7-16(19)2)26(24-20)23(27)22-9-6-14-30-22/h4-15,21,24-25H,3H2,1-2H3. The van der Waals surface area contributed by atoms with Crippen molar-refractivity contribution in [1.29, 1.82) is 0 Å². The lowest BCUT2D eigenvalue weighted by Gasteiger charge is -2.25. The maximum Gasteiger partial charge on any atom is 0.308 e. The zero-order valence-corrected chi connectivity index (χ0v) is 18.0. The van der Waals surface area contributed by atoms with Gasteiger partial charge >= 0.3 is 5.91 Å². The van der Waals surface area contributed by atoms with E-state index in [2.05, 4.69) is 10.1 Å². The molecule has 7 nitrogen and oxygen atoms in total. The number of hydrogen-bond acceptors (Lipinski definition) is 5. The van der Waals surface area contributed by atoms with Crippen LogP contribution in [0.15, 0.2) is 77.4 Å². The van der Waals surface area contributed by atoms with Gasteiger partial charge in [-0.25, -0.2) is 13.4 Å². The van der Waals surface area contributed by atoms with Crippen LogP contribution in [0.3, 0.4) is 0 Å².